The van der Waals surface area contributed by atoms with Gasteiger partial charge in [-0.3, -0.25) is 0 Å². The Morgan fingerprint density at radius 2 is 1.94 bits per heavy atom. The molecule has 0 spiro atoms. The first kappa shape index (κ1) is 14.7. The molecule has 1 atom stereocenters. The highest BCUT2D eigenvalue weighted by molar-refractivity contribution is 7.99. The van der Waals surface area contributed by atoms with Crippen molar-refractivity contribution in [3.8, 4) is 0 Å². The third kappa shape index (κ3) is 4.75. The lowest BCUT2D eigenvalue weighted by Gasteiger charge is -2.33. The van der Waals surface area contributed by atoms with Gasteiger partial charge in [-0.25, -0.2) is 0 Å². The van der Waals surface area contributed by atoms with E-state index in [0.717, 1.165) is 36.8 Å². The molecule has 0 amide bonds. The number of rotatable bonds is 6. The topological polar surface area (TPSA) is 32.3 Å². The summed E-state index contributed by atoms with van der Waals surface area (Å²) in [5, 5.41) is 14.0. The Hall–Kier alpha value is 0.270. The first-order valence-corrected chi connectivity index (χ1v) is 8.87. The predicted molar refractivity (Wildman–Crippen MR) is 80.2 cm³/mol. The van der Waals surface area contributed by atoms with Crippen molar-refractivity contribution in [3.63, 3.8) is 0 Å². The van der Waals surface area contributed by atoms with E-state index in [1.165, 1.54) is 38.5 Å². The van der Waals surface area contributed by atoms with Gasteiger partial charge in [0.05, 0.1) is 5.60 Å². The summed E-state index contributed by atoms with van der Waals surface area (Å²) >= 11 is 1.97. The van der Waals surface area contributed by atoms with Crippen LogP contribution in [0.1, 0.15) is 58.3 Å². The van der Waals surface area contributed by atoms with Gasteiger partial charge >= 0.3 is 0 Å². The number of aliphatic hydroxyl groups is 1. The average molecular weight is 271 g/mol. The Labute approximate surface area is 116 Å². The zero-order valence-corrected chi connectivity index (χ0v) is 12.6. The summed E-state index contributed by atoms with van der Waals surface area (Å²) in [5.41, 5.74) is -0.424. The molecule has 0 radical (unpaired) electrons. The van der Waals surface area contributed by atoms with Gasteiger partial charge in [-0.05, 0) is 50.0 Å². The molecule has 3 heteroatoms. The molecule has 2 aliphatic rings. The molecule has 18 heavy (non-hydrogen) atoms. The lowest BCUT2D eigenvalue weighted by Crippen LogP contribution is -2.46. The van der Waals surface area contributed by atoms with Gasteiger partial charge in [0.2, 0.25) is 0 Å². The van der Waals surface area contributed by atoms with Gasteiger partial charge in [-0.1, -0.05) is 25.7 Å². The SMILES string of the molecule is CC(CCC1CCCC1)NCC1(O)CCSCC1. The van der Waals surface area contributed by atoms with Gasteiger partial charge in [0.25, 0.3) is 0 Å². The summed E-state index contributed by atoms with van der Waals surface area (Å²) in [6.07, 6.45) is 10.4. The van der Waals surface area contributed by atoms with E-state index < -0.39 is 5.60 Å². The lowest BCUT2D eigenvalue weighted by atomic mass is 9.95. The van der Waals surface area contributed by atoms with Crippen molar-refractivity contribution >= 4 is 11.8 Å². The van der Waals surface area contributed by atoms with Gasteiger partial charge in [-0.15, -0.1) is 0 Å². The Balaban J connectivity index is 1.59. The Morgan fingerprint density at radius 1 is 1.28 bits per heavy atom. The van der Waals surface area contributed by atoms with Crippen molar-refractivity contribution in [1.29, 1.82) is 0 Å². The maximum atomic E-state index is 10.4. The summed E-state index contributed by atoms with van der Waals surface area (Å²) in [6, 6.07) is 0.559. The van der Waals surface area contributed by atoms with E-state index in [4.69, 9.17) is 0 Å². The molecule has 1 aliphatic heterocycles. The minimum absolute atomic E-state index is 0.424. The van der Waals surface area contributed by atoms with Crippen LogP contribution in [-0.4, -0.2) is 34.8 Å². The maximum absolute atomic E-state index is 10.4. The first-order chi connectivity index (χ1) is 8.68. The zero-order valence-electron chi connectivity index (χ0n) is 11.8. The highest BCUT2D eigenvalue weighted by Crippen LogP contribution is 2.29. The zero-order chi connectivity index (χ0) is 12.8. The van der Waals surface area contributed by atoms with Gasteiger partial charge in [0.15, 0.2) is 0 Å². The van der Waals surface area contributed by atoms with Crippen LogP contribution in [0, 0.1) is 5.92 Å². The van der Waals surface area contributed by atoms with E-state index in [0.29, 0.717) is 6.04 Å². The quantitative estimate of drug-likeness (QED) is 0.778. The van der Waals surface area contributed by atoms with Crippen LogP contribution in [0.2, 0.25) is 0 Å². The van der Waals surface area contributed by atoms with E-state index in [1.54, 1.807) is 0 Å². The molecule has 0 aromatic heterocycles. The van der Waals surface area contributed by atoms with Crippen LogP contribution in [0.5, 0.6) is 0 Å². The molecule has 2 fully saturated rings. The smallest absolute Gasteiger partial charge is 0.0787 e. The second-order valence-corrected chi connectivity index (χ2v) is 7.57. The largest absolute Gasteiger partial charge is 0.389 e. The first-order valence-electron chi connectivity index (χ1n) is 7.71. The van der Waals surface area contributed by atoms with Crippen LogP contribution in [-0.2, 0) is 0 Å². The third-order valence-electron chi connectivity index (χ3n) is 4.69. The monoisotopic (exact) mass is 271 g/mol. The molecule has 1 saturated heterocycles. The second-order valence-electron chi connectivity index (χ2n) is 6.35. The minimum Gasteiger partial charge on any atom is -0.389 e. The van der Waals surface area contributed by atoms with Crippen LogP contribution in [0.4, 0.5) is 0 Å². The van der Waals surface area contributed by atoms with Crippen molar-refractivity contribution in [3.05, 3.63) is 0 Å². The molecule has 0 aromatic carbocycles. The molecule has 2 rings (SSSR count). The van der Waals surface area contributed by atoms with Gasteiger partial charge in [-0.2, -0.15) is 11.8 Å². The van der Waals surface area contributed by atoms with Crippen molar-refractivity contribution in [2.75, 3.05) is 18.1 Å². The van der Waals surface area contributed by atoms with E-state index in [-0.39, 0.29) is 0 Å². The molecular weight excluding hydrogens is 242 g/mol. The van der Waals surface area contributed by atoms with Crippen LogP contribution >= 0.6 is 11.8 Å². The van der Waals surface area contributed by atoms with Gasteiger partial charge < -0.3 is 10.4 Å². The van der Waals surface area contributed by atoms with Gasteiger partial charge in [0, 0.05) is 12.6 Å². The summed E-state index contributed by atoms with van der Waals surface area (Å²) < 4.78 is 0. The molecular formula is C15H29NOS. The van der Waals surface area contributed by atoms with Crippen molar-refractivity contribution in [2.24, 2.45) is 5.92 Å². The number of hydrogen-bond donors (Lipinski definition) is 2. The minimum atomic E-state index is -0.424. The molecule has 1 unspecified atom stereocenters. The molecule has 2 nitrogen and oxygen atoms in total. The summed E-state index contributed by atoms with van der Waals surface area (Å²) in [4.78, 5) is 0. The number of thioether (sulfide) groups is 1. The Kier molecular flexibility index (Phi) is 5.84. The van der Waals surface area contributed by atoms with E-state index in [2.05, 4.69) is 12.2 Å². The fourth-order valence-electron chi connectivity index (χ4n) is 3.18. The molecule has 1 aliphatic carbocycles. The molecule has 1 saturated carbocycles. The molecule has 0 bridgehead atoms. The molecule has 0 aromatic rings. The van der Waals surface area contributed by atoms with Crippen molar-refractivity contribution in [1.82, 2.24) is 5.32 Å². The molecule has 1 heterocycles. The van der Waals surface area contributed by atoms with Crippen molar-refractivity contribution in [2.45, 2.75) is 69.9 Å². The summed E-state index contributed by atoms with van der Waals surface area (Å²) in [5.74, 6) is 3.23. The van der Waals surface area contributed by atoms with Crippen LogP contribution in [0.3, 0.4) is 0 Å². The number of nitrogens with one attached hydrogen (secondary N) is 1. The third-order valence-corrected chi connectivity index (χ3v) is 5.67. The van der Waals surface area contributed by atoms with Crippen LogP contribution in [0.15, 0.2) is 0 Å². The predicted octanol–water partition coefficient (Wildman–Crippen LogP) is 3.19. The van der Waals surface area contributed by atoms with Crippen LogP contribution in [0.25, 0.3) is 0 Å². The van der Waals surface area contributed by atoms with Crippen LogP contribution < -0.4 is 5.32 Å². The van der Waals surface area contributed by atoms with E-state index in [1.807, 2.05) is 11.8 Å². The highest BCUT2D eigenvalue weighted by Gasteiger charge is 2.29. The second kappa shape index (κ2) is 7.16. The number of hydrogen-bond acceptors (Lipinski definition) is 3. The fraction of sp³-hybridized carbons (Fsp3) is 1.00. The molecule has 2 N–H and O–H groups in total. The summed E-state index contributed by atoms with van der Waals surface area (Å²) in [6.45, 7) is 3.06. The average Bonchev–Trinajstić information content (AvgIpc) is 2.88. The van der Waals surface area contributed by atoms with Crippen molar-refractivity contribution < 1.29 is 5.11 Å². The normalized spacial score (nSPS) is 26.3. The standard InChI is InChI=1S/C15H29NOS/c1-13(6-7-14-4-2-3-5-14)16-12-15(17)8-10-18-11-9-15/h13-14,16-17H,2-12H2,1H3. The summed E-state index contributed by atoms with van der Waals surface area (Å²) in [7, 11) is 0. The fourth-order valence-corrected chi connectivity index (χ4v) is 4.43. The van der Waals surface area contributed by atoms with E-state index >= 15 is 0 Å². The maximum Gasteiger partial charge on any atom is 0.0787 e. The Morgan fingerprint density at radius 3 is 2.61 bits per heavy atom. The van der Waals surface area contributed by atoms with E-state index in [9.17, 15) is 5.11 Å². The lowest BCUT2D eigenvalue weighted by molar-refractivity contribution is 0.0297. The Bertz CT molecular complexity index is 235. The van der Waals surface area contributed by atoms with Gasteiger partial charge in [0.1, 0.15) is 0 Å². The highest BCUT2D eigenvalue weighted by atomic mass is 32.2. The molecule has 106 valence electrons.